The summed E-state index contributed by atoms with van der Waals surface area (Å²) in [6.07, 6.45) is 3.95. The molecule has 2 atom stereocenters. The zero-order valence-electron chi connectivity index (χ0n) is 12.3. The van der Waals surface area contributed by atoms with Gasteiger partial charge in [-0.2, -0.15) is 9.49 Å². The highest BCUT2D eigenvalue weighted by Gasteiger charge is 2.42. The largest absolute Gasteiger partial charge is 0.369 e. The summed E-state index contributed by atoms with van der Waals surface area (Å²) in [6.45, 7) is 0.793. The topological polar surface area (TPSA) is 75.0 Å². The van der Waals surface area contributed by atoms with Gasteiger partial charge in [0.1, 0.15) is 0 Å². The van der Waals surface area contributed by atoms with Crippen molar-refractivity contribution >= 4 is 16.8 Å². The van der Waals surface area contributed by atoms with Crippen LogP contribution in [0.4, 0.5) is 4.39 Å². The number of rotatable bonds is 3. The Kier molecular flexibility index (Phi) is 3.14. The van der Waals surface area contributed by atoms with Gasteiger partial charge in [-0.3, -0.25) is 14.8 Å². The minimum absolute atomic E-state index is 0.0162. The van der Waals surface area contributed by atoms with Gasteiger partial charge in [0.15, 0.2) is 0 Å². The highest BCUT2D eigenvalue weighted by Crippen LogP contribution is 2.39. The summed E-state index contributed by atoms with van der Waals surface area (Å²) in [6, 6.07) is 6.56. The Morgan fingerprint density at radius 3 is 2.77 bits per heavy atom. The molecule has 2 bridgehead atoms. The summed E-state index contributed by atoms with van der Waals surface area (Å²) in [5.74, 6) is -0.534. The monoisotopic (exact) mass is 302 g/mol. The number of hydrogen-bond donors (Lipinski definition) is 2. The van der Waals surface area contributed by atoms with Crippen molar-refractivity contribution < 1.29 is 9.18 Å². The average Bonchev–Trinajstić information content (AvgIpc) is 2.96. The first-order valence-electron chi connectivity index (χ1n) is 7.79. The van der Waals surface area contributed by atoms with Crippen molar-refractivity contribution in [3.63, 3.8) is 0 Å². The number of H-pyrrole nitrogens is 1. The second kappa shape index (κ2) is 5.05. The number of hydrogen-bond acceptors (Lipinski definition) is 3. The van der Waals surface area contributed by atoms with Gasteiger partial charge in [0.2, 0.25) is 11.9 Å². The van der Waals surface area contributed by atoms with Gasteiger partial charge in [0.25, 0.3) is 0 Å². The molecule has 2 aromatic rings. The SMILES string of the molecule is NC(=O)C1CC2CCC(C1)N2Cc1ccc2n[nH]c(F)c2c1. The number of primary amides is 1. The zero-order chi connectivity index (χ0) is 15.3. The Balaban J connectivity index is 1.55. The van der Waals surface area contributed by atoms with E-state index in [1.165, 1.54) is 0 Å². The second-order valence-electron chi connectivity index (χ2n) is 6.52. The molecule has 116 valence electrons. The molecule has 3 heterocycles. The van der Waals surface area contributed by atoms with Crippen LogP contribution in [0.2, 0.25) is 0 Å². The molecule has 0 radical (unpaired) electrons. The van der Waals surface area contributed by atoms with E-state index in [2.05, 4.69) is 15.1 Å². The standard InChI is InChI=1S/C16H19FN4O/c17-15-13-5-9(1-4-14(13)19-20-15)8-21-11-2-3-12(21)7-10(6-11)16(18)22/h1,4-5,10-12H,2-3,6-8H2,(H2,18,22)(H,19,20). The lowest BCUT2D eigenvalue weighted by molar-refractivity contribution is -0.124. The number of nitrogens with one attached hydrogen (secondary N) is 1. The van der Waals surface area contributed by atoms with Crippen LogP contribution < -0.4 is 5.73 Å². The van der Waals surface area contributed by atoms with Crippen molar-refractivity contribution in [3.05, 3.63) is 29.7 Å². The molecule has 22 heavy (non-hydrogen) atoms. The van der Waals surface area contributed by atoms with Crippen molar-refractivity contribution in [1.82, 2.24) is 15.1 Å². The average molecular weight is 302 g/mol. The number of amides is 1. The Morgan fingerprint density at radius 2 is 2.09 bits per heavy atom. The van der Waals surface area contributed by atoms with Crippen molar-refractivity contribution in [2.24, 2.45) is 11.7 Å². The lowest BCUT2D eigenvalue weighted by atomic mass is 9.90. The molecular formula is C16H19FN4O. The number of halogens is 1. The van der Waals surface area contributed by atoms with E-state index in [0.717, 1.165) is 37.8 Å². The maximum absolute atomic E-state index is 13.6. The number of piperidine rings is 1. The van der Waals surface area contributed by atoms with E-state index in [0.29, 0.717) is 23.0 Å². The Bertz CT molecular complexity index is 714. The van der Waals surface area contributed by atoms with Gasteiger partial charge in [-0.15, -0.1) is 0 Å². The lowest BCUT2D eigenvalue weighted by Crippen LogP contribution is -2.45. The van der Waals surface area contributed by atoms with Gasteiger partial charge in [-0.05, 0) is 43.4 Å². The Morgan fingerprint density at radius 1 is 1.36 bits per heavy atom. The van der Waals surface area contributed by atoms with Crippen LogP contribution in [-0.2, 0) is 11.3 Å². The molecular weight excluding hydrogens is 283 g/mol. The molecule has 2 aliphatic rings. The highest BCUT2D eigenvalue weighted by atomic mass is 19.1. The van der Waals surface area contributed by atoms with Crippen LogP contribution in [0.15, 0.2) is 18.2 Å². The third-order valence-corrected chi connectivity index (χ3v) is 5.22. The molecule has 6 heteroatoms. The molecule has 2 saturated heterocycles. The summed E-state index contributed by atoms with van der Waals surface area (Å²) in [7, 11) is 0. The first-order chi connectivity index (χ1) is 10.6. The summed E-state index contributed by atoms with van der Waals surface area (Å²) in [4.78, 5) is 13.9. The summed E-state index contributed by atoms with van der Waals surface area (Å²) >= 11 is 0. The van der Waals surface area contributed by atoms with Crippen LogP contribution in [0.25, 0.3) is 10.9 Å². The summed E-state index contributed by atoms with van der Waals surface area (Å²) in [5, 5.41) is 6.83. The third kappa shape index (κ3) is 2.18. The normalized spacial score (nSPS) is 28.3. The van der Waals surface area contributed by atoms with Gasteiger partial charge in [0, 0.05) is 24.5 Å². The zero-order valence-corrected chi connectivity index (χ0v) is 12.3. The number of aromatic amines is 1. The van der Waals surface area contributed by atoms with E-state index < -0.39 is 0 Å². The fourth-order valence-corrected chi connectivity index (χ4v) is 4.10. The molecule has 2 fully saturated rings. The van der Waals surface area contributed by atoms with Crippen molar-refractivity contribution in [2.75, 3.05) is 0 Å². The minimum Gasteiger partial charge on any atom is -0.369 e. The molecule has 0 saturated carbocycles. The molecule has 0 spiro atoms. The van der Waals surface area contributed by atoms with Gasteiger partial charge in [-0.1, -0.05) is 6.07 Å². The molecule has 1 aromatic carbocycles. The predicted octanol–water partition coefficient (Wildman–Crippen LogP) is 1.93. The van der Waals surface area contributed by atoms with E-state index in [1.807, 2.05) is 18.2 Å². The van der Waals surface area contributed by atoms with Gasteiger partial charge >= 0.3 is 0 Å². The van der Waals surface area contributed by atoms with E-state index in [1.54, 1.807) is 0 Å². The van der Waals surface area contributed by atoms with Crippen molar-refractivity contribution in [1.29, 1.82) is 0 Å². The molecule has 4 rings (SSSR count). The van der Waals surface area contributed by atoms with Crippen LogP contribution in [0, 0.1) is 11.9 Å². The quantitative estimate of drug-likeness (QED) is 0.909. The smallest absolute Gasteiger partial charge is 0.220 e. The van der Waals surface area contributed by atoms with E-state index in [-0.39, 0.29) is 17.8 Å². The number of benzene rings is 1. The lowest BCUT2D eigenvalue weighted by Gasteiger charge is -2.38. The number of carbonyl (C=O) groups excluding carboxylic acids is 1. The van der Waals surface area contributed by atoms with Gasteiger partial charge in [-0.25, -0.2) is 0 Å². The molecule has 1 aromatic heterocycles. The molecule has 2 aliphatic heterocycles. The van der Waals surface area contributed by atoms with Crippen LogP contribution >= 0.6 is 0 Å². The molecule has 3 N–H and O–H groups in total. The summed E-state index contributed by atoms with van der Waals surface area (Å²) in [5.41, 5.74) is 7.21. The van der Waals surface area contributed by atoms with Gasteiger partial charge < -0.3 is 5.73 Å². The molecule has 0 aliphatic carbocycles. The first kappa shape index (κ1) is 13.7. The van der Waals surface area contributed by atoms with E-state index in [4.69, 9.17) is 5.73 Å². The van der Waals surface area contributed by atoms with Crippen LogP contribution in [0.3, 0.4) is 0 Å². The maximum atomic E-state index is 13.6. The van der Waals surface area contributed by atoms with Crippen LogP contribution in [0.5, 0.6) is 0 Å². The molecule has 1 amide bonds. The van der Waals surface area contributed by atoms with Gasteiger partial charge in [0.05, 0.1) is 10.9 Å². The van der Waals surface area contributed by atoms with E-state index in [9.17, 15) is 9.18 Å². The Labute approximate surface area is 127 Å². The van der Waals surface area contributed by atoms with E-state index >= 15 is 0 Å². The molecule has 5 nitrogen and oxygen atoms in total. The van der Waals surface area contributed by atoms with Crippen LogP contribution in [0.1, 0.15) is 31.2 Å². The number of carbonyl (C=O) groups is 1. The number of nitrogens with two attached hydrogens (primary N) is 1. The number of nitrogens with zero attached hydrogens (tertiary/aromatic N) is 2. The third-order valence-electron chi connectivity index (χ3n) is 5.22. The number of fused-ring (bicyclic) bond motifs is 3. The summed E-state index contributed by atoms with van der Waals surface area (Å²) < 4.78 is 13.6. The maximum Gasteiger partial charge on any atom is 0.220 e. The fraction of sp³-hybridized carbons (Fsp3) is 0.500. The minimum atomic E-state index is -0.382. The van der Waals surface area contributed by atoms with Crippen molar-refractivity contribution in [2.45, 2.75) is 44.3 Å². The fourth-order valence-electron chi connectivity index (χ4n) is 4.10. The molecule has 2 unspecified atom stereocenters. The second-order valence-corrected chi connectivity index (χ2v) is 6.52. The van der Waals surface area contributed by atoms with Crippen LogP contribution in [-0.4, -0.2) is 33.1 Å². The first-order valence-corrected chi connectivity index (χ1v) is 7.79. The number of aromatic nitrogens is 2. The van der Waals surface area contributed by atoms with Crippen molar-refractivity contribution in [3.8, 4) is 0 Å². The highest BCUT2D eigenvalue weighted by molar-refractivity contribution is 5.79. The predicted molar refractivity (Wildman–Crippen MR) is 80.3 cm³/mol. The Hall–Kier alpha value is -1.95.